The van der Waals surface area contributed by atoms with Crippen LogP contribution in [0.5, 0.6) is 0 Å². The van der Waals surface area contributed by atoms with Gasteiger partial charge in [-0.25, -0.2) is 8.42 Å². The number of hydrogen-bond donors (Lipinski definition) is 0. The summed E-state index contributed by atoms with van der Waals surface area (Å²) in [7, 11) is -2.99. The maximum Gasteiger partial charge on any atom is 0.174 e. The summed E-state index contributed by atoms with van der Waals surface area (Å²) in [5, 5.41) is 2.32. The van der Waals surface area contributed by atoms with Gasteiger partial charge in [-0.1, -0.05) is 11.6 Å². The second kappa shape index (κ2) is 5.29. The van der Waals surface area contributed by atoms with E-state index in [-0.39, 0.29) is 18.0 Å². The molecule has 0 aliphatic rings. The summed E-state index contributed by atoms with van der Waals surface area (Å²) < 4.78 is 21.8. The Morgan fingerprint density at radius 3 is 2.56 bits per heavy atom. The first-order valence-electron chi connectivity index (χ1n) is 4.76. The molecule has 0 saturated carbocycles. The molecule has 0 radical (unpaired) electrons. The zero-order chi connectivity index (χ0) is 12.3. The quantitative estimate of drug-likeness (QED) is 0.779. The monoisotopic (exact) mass is 280 g/mol. The average molecular weight is 281 g/mol. The number of hydrogen-bond acceptors (Lipinski definition) is 4. The van der Waals surface area contributed by atoms with E-state index in [1.807, 2.05) is 12.3 Å². The fraction of sp³-hybridized carbons (Fsp3) is 0.500. The van der Waals surface area contributed by atoms with E-state index in [1.165, 1.54) is 17.6 Å². The smallest absolute Gasteiger partial charge is 0.174 e. The highest BCUT2D eigenvalue weighted by Crippen LogP contribution is 2.28. The molecule has 6 heteroatoms. The fourth-order valence-electron chi connectivity index (χ4n) is 1.23. The Labute approximate surface area is 104 Å². The lowest BCUT2D eigenvalue weighted by molar-refractivity contribution is 0.0986. The van der Waals surface area contributed by atoms with E-state index in [0.29, 0.717) is 16.3 Å². The van der Waals surface area contributed by atoms with Crippen molar-refractivity contribution in [2.75, 3.05) is 12.0 Å². The summed E-state index contributed by atoms with van der Waals surface area (Å²) in [5.74, 6) is -0.0347. The third kappa shape index (κ3) is 3.88. The second-order valence-corrected chi connectivity index (χ2v) is 7.24. The summed E-state index contributed by atoms with van der Waals surface area (Å²) in [4.78, 5) is 12.2. The molecule has 3 nitrogen and oxygen atoms in total. The molecular formula is C10H13ClO3S2. The van der Waals surface area contributed by atoms with Gasteiger partial charge in [-0.3, -0.25) is 4.79 Å². The number of carbonyl (C=O) groups is 1. The maximum absolute atomic E-state index is 11.7. The molecule has 0 fully saturated rings. The third-order valence-electron chi connectivity index (χ3n) is 2.07. The number of Topliss-reactive ketones (excluding diaryl/α,β-unsaturated/α-hetero) is 1. The van der Waals surface area contributed by atoms with E-state index in [2.05, 4.69) is 0 Å². The van der Waals surface area contributed by atoms with Crippen LogP contribution in [0.1, 0.15) is 28.1 Å². The van der Waals surface area contributed by atoms with E-state index in [1.54, 1.807) is 0 Å². The van der Waals surface area contributed by atoms with Crippen molar-refractivity contribution in [3.8, 4) is 0 Å². The lowest BCUT2D eigenvalue weighted by atomic mass is 10.2. The van der Waals surface area contributed by atoms with Crippen molar-refractivity contribution in [3.63, 3.8) is 0 Å². The molecule has 0 N–H and O–H groups in total. The van der Waals surface area contributed by atoms with Crippen LogP contribution in [-0.4, -0.2) is 26.2 Å². The van der Waals surface area contributed by atoms with Gasteiger partial charge in [-0.05, 0) is 24.3 Å². The highest BCUT2D eigenvalue weighted by molar-refractivity contribution is 7.90. The van der Waals surface area contributed by atoms with Crippen LogP contribution in [0.3, 0.4) is 0 Å². The maximum atomic E-state index is 11.7. The van der Waals surface area contributed by atoms with Crippen LogP contribution in [0.4, 0.5) is 0 Å². The normalized spacial score (nSPS) is 11.7. The SMILES string of the molecule is Cc1csc(C(=O)CCCS(C)(=O)=O)c1Cl. The van der Waals surface area contributed by atoms with Crippen LogP contribution < -0.4 is 0 Å². The standard InChI is InChI=1S/C10H13ClO3S2/c1-7-6-15-10(9(7)11)8(12)4-3-5-16(2,13)14/h6H,3-5H2,1-2H3. The number of rotatable bonds is 5. The van der Waals surface area contributed by atoms with Crippen LogP contribution in [-0.2, 0) is 9.84 Å². The van der Waals surface area contributed by atoms with Gasteiger partial charge in [0.25, 0.3) is 0 Å². The Hall–Kier alpha value is -0.390. The number of halogens is 1. The van der Waals surface area contributed by atoms with Crippen LogP contribution >= 0.6 is 22.9 Å². The average Bonchev–Trinajstić information content (AvgIpc) is 2.45. The Bertz CT molecular complexity index is 488. The molecule has 0 bridgehead atoms. The Morgan fingerprint density at radius 1 is 1.50 bits per heavy atom. The number of sulfone groups is 1. The number of ketones is 1. The molecule has 0 aromatic carbocycles. The summed E-state index contributed by atoms with van der Waals surface area (Å²) in [6, 6.07) is 0. The minimum Gasteiger partial charge on any atom is -0.293 e. The molecule has 0 spiro atoms. The highest BCUT2D eigenvalue weighted by Gasteiger charge is 2.15. The summed E-state index contributed by atoms with van der Waals surface area (Å²) >= 11 is 7.26. The van der Waals surface area contributed by atoms with E-state index in [9.17, 15) is 13.2 Å². The van der Waals surface area contributed by atoms with Crippen molar-refractivity contribution >= 4 is 38.6 Å². The minimum absolute atomic E-state index is 0.0424. The zero-order valence-corrected chi connectivity index (χ0v) is 11.5. The Balaban J connectivity index is 2.57. The van der Waals surface area contributed by atoms with Gasteiger partial charge in [0.15, 0.2) is 5.78 Å². The number of carbonyl (C=O) groups excluding carboxylic acids is 1. The van der Waals surface area contributed by atoms with E-state index in [0.717, 1.165) is 5.56 Å². The van der Waals surface area contributed by atoms with Gasteiger partial charge in [0.05, 0.1) is 15.7 Å². The molecular weight excluding hydrogens is 268 g/mol. The van der Waals surface area contributed by atoms with E-state index in [4.69, 9.17) is 11.6 Å². The fourth-order valence-corrected chi connectivity index (χ4v) is 3.16. The molecule has 0 aliphatic heterocycles. The largest absolute Gasteiger partial charge is 0.293 e. The van der Waals surface area contributed by atoms with Gasteiger partial charge in [-0.15, -0.1) is 11.3 Å². The molecule has 1 aromatic rings. The molecule has 90 valence electrons. The summed E-state index contributed by atoms with van der Waals surface area (Å²) in [6.45, 7) is 1.84. The molecule has 0 amide bonds. The van der Waals surface area contributed by atoms with Gasteiger partial charge < -0.3 is 0 Å². The van der Waals surface area contributed by atoms with Crippen molar-refractivity contribution in [1.29, 1.82) is 0 Å². The van der Waals surface area contributed by atoms with Crippen LogP contribution in [0, 0.1) is 6.92 Å². The van der Waals surface area contributed by atoms with E-state index < -0.39 is 9.84 Å². The lowest BCUT2D eigenvalue weighted by Crippen LogP contribution is -2.06. The van der Waals surface area contributed by atoms with Gasteiger partial charge in [0, 0.05) is 12.7 Å². The topological polar surface area (TPSA) is 51.2 Å². The molecule has 1 aromatic heterocycles. The van der Waals surface area contributed by atoms with Gasteiger partial charge in [0.2, 0.25) is 0 Å². The molecule has 0 aliphatic carbocycles. The Kier molecular flexibility index (Phi) is 4.52. The summed E-state index contributed by atoms with van der Waals surface area (Å²) in [5.41, 5.74) is 0.887. The van der Waals surface area contributed by atoms with Crippen molar-refractivity contribution in [1.82, 2.24) is 0 Å². The van der Waals surface area contributed by atoms with Gasteiger partial charge >= 0.3 is 0 Å². The van der Waals surface area contributed by atoms with Gasteiger partial charge in [0.1, 0.15) is 9.84 Å². The molecule has 0 atom stereocenters. The van der Waals surface area contributed by atoms with E-state index >= 15 is 0 Å². The zero-order valence-electron chi connectivity index (χ0n) is 9.12. The first-order valence-corrected chi connectivity index (χ1v) is 8.07. The van der Waals surface area contributed by atoms with Gasteiger partial charge in [-0.2, -0.15) is 0 Å². The van der Waals surface area contributed by atoms with Crippen LogP contribution in [0.25, 0.3) is 0 Å². The van der Waals surface area contributed by atoms with Crippen molar-refractivity contribution < 1.29 is 13.2 Å². The van der Waals surface area contributed by atoms with Crippen molar-refractivity contribution in [3.05, 3.63) is 20.8 Å². The Morgan fingerprint density at radius 2 is 2.12 bits per heavy atom. The second-order valence-electron chi connectivity index (χ2n) is 3.72. The molecule has 1 rings (SSSR count). The first-order chi connectivity index (χ1) is 7.31. The molecule has 0 unspecified atom stereocenters. The predicted molar refractivity (Wildman–Crippen MR) is 67.3 cm³/mol. The third-order valence-corrected chi connectivity index (χ3v) is 4.84. The lowest BCUT2D eigenvalue weighted by Gasteiger charge is -1.99. The molecule has 16 heavy (non-hydrogen) atoms. The van der Waals surface area contributed by atoms with Crippen LogP contribution in [0.2, 0.25) is 5.02 Å². The molecule has 1 heterocycles. The summed E-state index contributed by atoms with van der Waals surface area (Å²) in [6.07, 6.45) is 1.75. The number of aryl methyl sites for hydroxylation is 1. The van der Waals surface area contributed by atoms with Crippen LogP contribution in [0.15, 0.2) is 5.38 Å². The first kappa shape index (κ1) is 13.7. The number of thiophene rings is 1. The van der Waals surface area contributed by atoms with Crippen molar-refractivity contribution in [2.45, 2.75) is 19.8 Å². The predicted octanol–water partition coefficient (Wildman–Crippen LogP) is 2.72. The van der Waals surface area contributed by atoms with Crippen molar-refractivity contribution in [2.24, 2.45) is 0 Å². The molecule has 0 saturated heterocycles. The highest BCUT2D eigenvalue weighted by atomic mass is 35.5. The minimum atomic E-state index is -2.99.